The molecule has 0 saturated carbocycles. The van der Waals surface area contributed by atoms with Gasteiger partial charge in [0.25, 0.3) is 0 Å². The summed E-state index contributed by atoms with van der Waals surface area (Å²) in [6.07, 6.45) is -3.15. The highest BCUT2D eigenvalue weighted by Crippen LogP contribution is 2.29. The van der Waals surface area contributed by atoms with Gasteiger partial charge in [-0.05, 0) is 23.8 Å². The fourth-order valence-electron chi connectivity index (χ4n) is 1.58. The van der Waals surface area contributed by atoms with Gasteiger partial charge in [0.2, 0.25) is 0 Å². The lowest BCUT2D eigenvalue weighted by Crippen LogP contribution is -2.04. The van der Waals surface area contributed by atoms with E-state index >= 15 is 0 Å². The van der Waals surface area contributed by atoms with Crippen LogP contribution in [0.4, 0.5) is 17.6 Å². The summed E-state index contributed by atoms with van der Waals surface area (Å²) in [6.45, 7) is 0.00307. The van der Waals surface area contributed by atoms with E-state index < -0.39 is 17.6 Å². The summed E-state index contributed by atoms with van der Waals surface area (Å²) in [5.74, 6) is -0.431. The molecule has 0 aliphatic heterocycles. The molecule has 0 aliphatic carbocycles. The molecule has 0 atom stereocenters. The summed E-state index contributed by atoms with van der Waals surface area (Å²) in [6, 6.07) is 10.6. The van der Waals surface area contributed by atoms with Crippen molar-refractivity contribution in [3.8, 4) is 0 Å². The predicted molar refractivity (Wildman–Crippen MR) is 70.2 cm³/mol. The van der Waals surface area contributed by atoms with Gasteiger partial charge in [-0.15, -0.1) is 0 Å². The molecule has 0 amide bonds. The van der Waals surface area contributed by atoms with Crippen LogP contribution in [0.5, 0.6) is 0 Å². The molecule has 0 spiro atoms. The van der Waals surface area contributed by atoms with Crippen LogP contribution in [0.3, 0.4) is 0 Å². The van der Waals surface area contributed by atoms with Crippen LogP contribution in [0, 0.1) is 5.82 Å². The SMILES string of the molecule is Fc1ccccc1C=NOCc1ccc(C(F)(F)F)cc1. The highest BCUT2D eigenvalue weighted by molar-refractivity contribution is 5.79. The van der Waals surface area contributed by atoms with Gasteiger partial charge in [-0.1, -0.05) is 35.5 Å². The Hall–Kier alpha value is -2.37. The molecule has 6 heteroatoms. The Morgan fingerprint density at radius 2 is 1.67 bits per heavy atom. The number of benzene rings is 2. The number of hydrogen-bond acceptors (Lipinski definition) is 2. The second-order valence-electron chi connectivity index (χ2n) is 4.22. The van der Waals surface area contributed by atoms with Crippen molar-refractivity contribution < 1.29 is 22.4 Å². The van der Waals surface area contributed by atoms with Crippen molar-refractivity contribution in [3.63, 3.8) is 0 Å². The Morgan fingerprint density at radius 3 is 2.29 bits per heavy atom. The second-order valence-corrected chi connectivity index (χ2v) is 4.22. The monoisotopic (exact) mass is 297 g/mol. The molecule has 2 nitrogen and oxygen atoms in total. The molecule has 0 radical (unpaired) electrons. The number of halogens is 4. The van der Waals surface area contributed by atoms with E-state index in [1.54, 1.807) is 12.1 Å². The lowest BCUT2D eigenvalue weighted by molar-refractivity contribution is -0.137. The van der Waals surface area contributed by atoms with Crippen molar-refractivity contribution in [2.45, 2.75) is 12.8 Å². The standard InChI is InChI=1S/C15H11F4NO/c16-14-4-2-1-3-12(14)9-20-21-10-11-5-7-13(8-6-11)15(17,18)19/h1-9H,10H2. The van der Waals surface area contributed by atoms with Crippen molar-refractivity contribution in [1.82, 2.24) is 0 Å². The van der Waals surface area contributed by atoms with E-state index in [0.29, 0.717) is 5.56 Å². The summed E-state index contributed by atoms with van der Waals surface area (Å²) in [4.78, 5) is 4.93. The topological polar surface area (TPSA) is 21.6 Å². The van der Waals surface area contributed by atoms with Crippen molar-refractivity contribution in [2.24, 2.45) is 5.16 Å². The van der Waals surface area contributed by atoms with Crippen molar-refractivity contribution >= 4 is 6.21 Å². The predicted octanol–water partition coefficient (Wildman–Crippen LogP) is 4.40. The van der Waals surface area contributed by atoms with E-state index in [4.69, 9.17) is 4.84 Å². The summed E-state index contributed by atoms with van der Waals surface area (Å²) >= 11 is 0. The van der Waals surface area contributed by atoms with Crippen LogP contribution in [0.1, 0.15) is 16.7 Å². The number of nitrogens with zero attached hydrogens (tertiary/aromatic N) is 1. The van der Waals surface area contributed by atoms with Gasteiger partial charge in [-0.3, -0.25) is 0 Å². The van der Waals surface area contributed by atoms with Crippen LogP contribution >= 0.6 is 0 Å². The van der Waals surface area contributed by atoms with Gasteiger partial charge < -0.3 is 4.84 Å². The molecule has 0 aliphatic rings. The maximum Gasteiger partial charge on any atom is 0.416 e. The normalized spacial score (nSPS) is 11.8. The first-order valence-corrected chi connectivity index (χ1v) is 6.03. The van der Waals surface area contributed by atoms with E-state index in [0.717, 1.165) is 12.1 Å². The number of oxime groups is 1. The van der Waals surface area contributed by atoms with E-state index in [9.17, 15) is 17.6 Å². The molecule has 0 bridgehead atoms. The van der Waals surface area contributed by atoms with Crippen LogP contribution in [0.15, 0.2) is 53.7 Å². The molecule has 0 fully saturated rings. The smallest absolute Gasteiger partial charge is 0.391 e. The first-order chi connectivity index (χ1) is 9.97. The van der Waals surface area contributed by atoms with E-state index in [1.807, 2.05) is 0 Å². The molecule has 0 aromatic heterocycles. The van der Waals surface area contributed by atoms with Crippen LogP contribution < -0.4 is 0 Å². The van der Waals surface area contributed by atoms with E-state index in [1.165, 1.54) is 30.5 Å². The number of hydrogen-bond donors (Lipinski definition) is 0. The summed E-state index contributed by atoms with van der Waals surface area (Å²) < 4.78 is 50.3. The minimum atomic E-state index is -4.36. The molecule has 0 heterocycles. The lowest BCUT2D eigenvalue weighted by Gasteiger charge is -2.06. The number of rotatable bonds is 4. The zero-order valence-electron chi connectivity index (χ0n) is 10.8. The van der Waals surface area contributed by atoms with Gasteiger partial charge in [0, 0.05) is 5.56 Å². The average molecular weight is 297 g/mol. The Balaban J connectivity index is 1.91. The fourth-order valence-corrected chi connectivity index (χ4v) is 1.58. The molecular weight excluding hydrogens is 286 g/mol. The Kier molecular flexibility index (Phi) is 4.57. The summed E-state index contributed by atoms with van der Waals surface area (Å²) in [7, 11) is 0. The van der Waals surface area contributed by atoms with E-state index in [-0.39, 0.29) is 12.2 Å². The van der Waals surface area contributed by atoms with Gasteiger partial charge in [-0.2, -0.15) is 13.2 Å². The highest BCUT2D eigenvalue weighted by Gasteiger charge is 2.29. The molecule has 0 unspecified atom stereocenters. The first kappa shape index (κ1) is 15.0. The van der Waals surface area contributed by atoms with Crippen LogP contribution in [-0.2, 0) is 17.6 Å². The van der Waals surface area contributed by atoms with Crippen LogP contribution in [0.25, 0.3) is 0 Å². The van der Waals surface area contributed by atoms with Crippen LogP contribution in [-0.4, -0.2) is 6.21 Å². The fraction of sp³-hybridized carbons (Fsp3) is 0.133. The molecular formula is C15H11F4NO. The molecule has 21 heavy (non-hydrogen) atoms. The molecule has 2 aromatic rings. The van der Waals surface area contributed by atoms with Gasteiger partial charge in [0.05, 0.1) is 11.8 Å². The molecule has 0 saturated heterocycles. The maximum absolute atomic E-state index is 13.2. The zero-order valence-corrected chi connectivity index (χ0v) is 10.8. The largest absolute Gasteiger partial charge is 0.416 e. The van der Waals surface area contributed by atoms with Crippen LogP contribution in [0.2, 0.25) is 0 Å². The first-order valence-electron chi connectivity index (χ1n) is 6.03. The van der Waals surface area contributed by atoms with Crippen molar-refractivity contribution in [3.05, 3.63) is 71.0 Å². The third kappa shape index (κ3) is 4.30. The molecule has 2 aromatic carbocycles. The Morgan fingerprint density at radius 1 is 1.00 bits per heavy atom. The Bertz CT molecular complexity index is 620. The zero-order chi connectivity index (χ0) is 15.3. The van der Waals surface area contributed by atoms with Gasteiger partial charge in [0.15, 0.2) is 0 Å². The molecule has 110 valence electrons. The third-order valence-electron chi connectivity index (χ3n) is 2.68. The lowest BCUT2D eigenvalue weighted by atomic mass is 10.1. The second kappa shape index (κ2) is 6.39. The maximum atomic E-state index is 13.2. The summed E-state index contributed by atoms with van der Waals surface area (Å²) in [5.41, 5.74) is 0.0831. The third-order valence-corrected chi connectivity index (χ3v) is 2.68. The van der Waals surface area contributed by atoms with Gasteiger partial charge in [-0.25, -0.2) is 4.39 Å². The Labute approximate surface area is 118 Å². The molecule has 0 N–H and O–H groups in total. The van der Waals surface area contributed by atoms with Gasteiger partial charge in [0.1, 0.15) is 12.4 Å². The van der Waals surface area contributed by atoms with Crippen molar-refractivity contribution in [2.75, 3.05) is 0 Å². The minimum absolute atomic E-state index is 0.00307. The van der Waals surface area contributed by atoms with E-state index in [2.05, 4.69) is 5.16 Å². The highest BCUT2D eigenvalue weighted by atomic mass is 19.4. The van der Waals surface area contributed by atoms with Gasteiger partial charge >= 0.3 is 6.18 Å². The van der Waals surface area contributed by atoms with Crippen molar-refractivity contribution in [1.29, 1.82) is 0 Å². The minimum Gasteiger partial charge on any atom is -0.391 e. The summed E-state index contributed by atoms with van der Waals surface area (Å²) in [5, 5.41) is 3.58. The number of alkyl halides is 3. The quantitative estimate of drug-likeness (QED) is 0.466. The molecule has 2 rings (SSSR count). The average Bonchev–Trinajstić information content (AvgIpc) is 2.45.